The van der Waals surface area contributed by atoms with Gasteiger partial charge in [-0.1, -0.05) is 31.5 Å². The van der Waals surface area contributed by atoms with E-state index in [1.54, 1.807) is 0 Å². The number of unbranched alkanes of at least 4 members (excludes halogenated alkanes) is 1. The van der Waals surface area contributed by atoms with E-state index >= 15 is 0 Å². The summed E-state index contributed by atoms with van der Waals surface area (Å²) in [6.07, 6.45) is 5.34. The summed E-state index contributed by atoms with van der Waals surface area (Å²) in [7, 11) is 0. The highest BCUT2D eigenvalue weighted by Gasteiger charge is 2.04. The van der Waals surface area contributed by atoms with Gasteiger partial charge in [0.2, 0.25) is 0 Å². The average molecular weight is 307 g/mol. The molecule has 0 bridgehead atoms. The molecule has 0 aliphatic rings. The number of H-pyrrole nitrogens is 1. The quantitative estimate of drug-likeness (QED) is 0.599. The zero-order valence-electron chi connectivity index (χ0n) is 13.2. The van der Waals surface area contributed by atoms with Crippen LogP contribution in [0.3, 0.4) is 0 Å². The monoisotopic (exact) mass is 307 g/mol. The van der Waals surface area contributed by atoms with Gasteiger partial charge < -0.3 is 15.6 Å². The molecular formula is C19H21N3O. The Hall–Kier alpha value is -2.75. The Morgan fingerprint density at radius 2 is 1.74 bits per heavy atom. The van der Waals surface area contributed by atoms with E-state index in [2.05, 4.69) is 34.7 Å². The van der Waals surface area contributed by atoms with Crippen molar-refractivity contribution in [3.8, 4) is 0 Å². The lowest BCUT2D eigenvalue weighted by Crippen LogP contribution is -2.19. The molecule has 3 aromatic rings. The molecule has 23 heavy (non-hydrogen) atoms. The molecule has 0 radical (unpaired) electrons. The van der Waals surface area contributed by atoms with Crippen LogP contribution in [-0.4, -0.2) is 11.0 Å². The molecule has 2 amide bonds. The van der Waals surface area contributed by atoms with E-state index in [-0.39, 0.29) is 6.03 Å². The maximum atomic E-state index is 12.1. The Balaban J connectivity index is 1.60. The number of aromatic nitrogens is 1. The van der Waals surface area contributed by atoms with Crippen LogP contribution in [0.1, 0.15) is 25.3 Å². The van der Waals surface area contributed by atoms with Crippen molar-refractivity contribution in [2.75, 3.05) is 10.6 Å². The number of amides is 2. The molecule has 4 nitrogen and oxygen atoms in total. The van der Waals surface area contributed by atoms with E-state index in [9.17, 15) is 4.79 Å². The highest BCUT2D eigenvalue weighted by molar-refractivity contribution is 6.00. The molecule has 0 saturated carbocycles. The topological polar surface area (TPSA) is 56.9 Å². The molecule has 0 fully saturated rings. The molecule has 3 rings (SSSR count). The number of carbonyl (C=O) groups is 1. The smallest absolute Gasteiger partial charge is 0.323 e. The van der Waals surface area contributed by atoms with Crippen molar-refractivity contribution < 1.29 is 4.79 Å². The standard InChI is InChI=1S/C19H21N3O/c1-2-3-4-14-5-8-16(9-6-14)21-19(23)22-17-10-7-15-11-12-20-18(15)13-17/h5-13,20H,2-4H2,1H3,(H2,21,22,23). The highest BCUT2D eigenvalue weighted by atomic mass is 16.2. The van der Waals surface area contributed by atoms with Crippen molar-refractivity contribution >= 4 is 28.3 Å². The first-order valence-electron chi connectivity index (χ1n) is 7.98. The van der Waals surface area contributed by atoms with Crippen molar-refractivity contribution in [2.24, 2.45) is 0 Å². The summed E-state index contributed by atoms with van der Waals surface area (Å²) in [5, 5.41) is 6.83. The fourth-order valence-corrected chi connectivity index (χ4v) is 2.55. The number of hydrogen-bond donors (Lipinski definition) is 3. The van der Waals surface area contributed by atoms with Crippen LogP contribution >= 0.6 is 0 Å². The minimum atomic E-state index is -0.239. The summed E-state index contributed by atoms with van der Waals surface area (Å²) in [4.78, 5) is 15.2. The maximum absolute atomic E-state index is 12.1. The number of anilines is 2. The van der Waals surface area contributed by atoms with E-state index in [1.165, 1.54) is 18.4 Å². The van der Waals surface area contributed by atoms with Crippen LogP contribution in [0.5, 0.6) is 0 Å². The van der Waals surface area contributed by atoms with E-state index < -0.39 is 0 Å². The number of rotatable bonds is 5. The van der Waals surface area contributed by atoms with E-state index in [0.717, 1.165) is 28.7 Å². The van der Waals surface area contributed by atoms with Gasteiger partial charge in [-0.15, -0.1) is 0 Å². The Labute approximate surface area is 135 Å². The summed E-state index contributed by atoms with van der Waals surface area (Å²) in [5.41, 5.74) is 3.86. The van der Waals surface area contributed by atoms with Gasteiger partial charge in [-0.2, -0.15) is 0 Å². The lowest BCUT2D eigenvalue weighted by Gasteiger charge is -2.08. The zero-order chi connectivity index (χ0) is 16.1. The van der Waals surface area contributed by atoms with Crippen LogP contribution in [0.15, 0.2) is 54.7 Å². The molecule has 2 aromatic carbocycles. The Kier molecular flexibility index (Phi) is 4.62. The Morgan fingerprint density at radius 1 is 1.00 bits per heavy atom. The molecule has 0 aliphatic heterocycles. The number of hydrogen-bond acceptors (Lipinski definition) is 1. The average Bonchev–Trinajstić information content (AvgIpc) is 3.02. The van der Waals surface area contributed by atoms with Crippen LogP contribution in [0, 0.1) is 0 Å². The lowest BCUT2D eigenvalue weighted by atomic mass is 10.1. The molecular weight excluding hydrogens is 286 g/mol. The molecule has 0 atom stereocenters. The van der Waals surface area contributed by atoms with Gasteiger partial charge in [0.05, 0.1) is 0 Å². The molecule has 0 aliphatic carbocycles. The summed E-state index contributed by atoms with van der Waals surface area (Å²) in [6.45, 7) is 2.19. The molecule has 4 heteroatoms. The van der Waals surface area contributed by atoms with E-state index in [1.807, 2.05) is 42.6 Å². The normalized spacial score (nSPS) is 10.7. The van der Waals surface area contributed by atoms with Gasteiger partial charge in [0.25, 0.3) is 0 Å². The van der Waals surface area contributed by atoms with Gasteiger partial charge in [0.1, 0.15) is 0 Å². The SMILES string of the molecule is CCCCc1ccc(NC(=O)Nc2ccc3cc[nH]c3c2)cc1. The van der Waals surface area contributed by atoms with E-state index in [0.29, 0.717) is 0 Å². The van der Waals surface area contributed by atoms with Gasteiger partial charge in [-0.25, -0.2) is 4.79 Å². The van der Waals surface area contributed by atoms with Gasteiger partial charge >= 0.3 is 6.03 Å². The summed E-state index contributed by atoms with van der Waals surface area (Å²) in [6, 6.07) is 15.6. The number of urea groups is 1. The highest BCUT2D eigenvalue weighted by Crippen LogP contribution is 2.18. The Bertz CT molecular complexity index is 790. The van der Waals surface area contributed by atoms with Crippen molar-refractivity contribution in [2.45, 2.75) is 26.2 Å². The minimum Gasteiger partial charge on any atom is -0.361 e. The lowest BCUT2D eigenvalue weighted by molar-refractivity contribution is 0.262. The van der Waals surface area contributed by atoms with Crippen LogP contribution in [0.4, 0.5) is 16.2 Å². The predicted molar refractivity (Wildman–Crippen MR) is 96.0 cm³/mol. The van der Waals surface area contributed by atoms with Crippen LogP contribution in [0.2, 0.25) is 0 Å². The van der Waals surface area contributed by atoms with E-state index in [4.69, 9.17) is 0 Å². The fourth-order valence-electron chi connectivity index (χ4n) is 2.55. The molecule has 3 N–H and O–H groups in total. The molecule has 118 valence electrons. The van der Waals surface area contributed by atoms with Crippen LogP contribution in [-0.2, 0) is 6.42 Å². The Morgan fingerprint density at radius 3 is 2.52 bits per heavy atom. The third-order valence-corrected chi connectivity index (χ3v) is 3.84. The number of fused-ring (bicyclic) bond motifs is 1. The van der Waals surface area contributed by atoms with Crippen LogP contribution < -0.4 is 10.6 Å². The molecule has 1 heterocycles. The van der Waals surface area contributed by atoms with Crippen LogP contribution in [0.25, 0.3) is 10.9 Å². The molecule has 1 aromatic heterocycles. The zero-order valence-corrected chi connectivity index (χ0v) is 13.2. The second kappa shape index (κ2) is 7.01. The number of aromatic amines is 1. The molecule has 0 unspecified atom stereocenters. The fraction of sp³-hybridized carbons (Fsp3) is 0.211. The third kappa shape index (κ3) is 3.92. The van der Waals surface area contributed by atoms with Crippen molar-refractivity contribution in [3.63, 3.8) is 0 Å². The second-order valence-electron chi connectivity index (χ2n) is 5.66. The van der Waals surface area contributed by atoms with Gasteiger partial charge in [0.15, 0.2) is 0 Å². The largest absolute Gasteiger partial charge is 0.361 e. The number of nitrogens with one attached hydrogen (secondary N) is 3. The summed E-state index contributed by atoms with van der Waals surface area (Å²) in [5.74, 6) is 0. The second-order valence-corrected chi connectivity index (χ2v) is 5.66. The first-order valence-corrected chi connectivity index (χ1v) is 7.98. The number of aryl methyl sites for hydroxylation is 1. The maximum Gasteiger partial charge on any atom is 0.323 e. The van der Waals surface area contributed by atoms with Gasteiger partial charge in [-0.05, 0) is 54.1 Å². The van der Waals surface area contributed by atoms with Gasteiger partial charge in [-0.3, -0.25) is 0 Å². The summed E-state index contributed by atoms with van der Waals surface area (Å²) < 4.78 is 0. The van der Waals surface area contributed by atoms with Crippen molar-refractivity contribution in [1.29, 1.82) is 0 Å². The minimum absolute atomic E-state index is 0.239. The third-order valence-electron chi connectivity index (χ3n) is 3.84. The number of benzene rings is 2. The van der Waals surface area contributed by atoms with Crippen molar-refractivity contribution in [1.82, 2.24) is 4.98 Å². The molecule has 0 saturated heterocycles. The van der Waals surface area contributed by atoms with Gasteiger partial charge in [0, 0.05) is 23.1 Å². The number of carbonyl (C=O) groups excluding carboxylic acids is 1. The predicted octanol–water partition coefficient (Wildman–Crippen LogP) is 5.15. The first kappa shape index (κ1) is 15.2. The first-order chi connectivity index (χ1) is 11.2. The molecule has 0 spiro atoms. The summed E-state index contributed by atoms with van der Waals surface area (Å²) >= 11 is 0. The van der Waals surface area contributed by atoms with Crippen molar-refractivity contribution in [3.05, 3.63) is 60.3 Å².